The van der Waals surface area contributed by atoms with Crippen LogP contribution in [0.4, 0.5) is 0 Å². The molecule has 0 aromatic heterocycles. The number of aromatic hydroxyl groups is 3. The van der Waals surface area contributed by atoms with Crippen LogP contribution >= 0.6 is 0 Å². The van der Waals surface area contributed by atoms with E-state index in [1.807, 2.05) is 19.0 Å². The Morgan fingerprint density at radius 1 is 0.737 bits per heavy atom. The Morgan fingerprint density at radius 2 is 1.30 bits per heavy atom. The van der Waals surface area contributed by atoms with Gasteiger partial charge < -0.3 is 74.2 Å². The molecule has 8 N–H and O–H groups in total. The van der Waals surface area contributed by atoms with Crippen LogP contribution in [0.25, 0.3) is 0 Å². The minimum Gasteiger partial charge on any atom is -0.507 e. The minimum absolute atomic E-state index is 0.0120. The number of likely N-dealkylation sites (N-methyl/N-ethyl adjacent to an activating group) is 1. The van der Waals surface area contributed by atoms with Crippen LogP contribution in [0.5, 0.6) is 17.2 Å². The van der Waals surface area contributed by atoms with E-state index >= 15 is 0 Å². The number of carbonyl (C=O) groups excluding carboxylic acids is 2. The van der Waals surface area contributed by atoms with Gasteiger partial charge in [-0.1, -0.05) is 19.1 Å². The molecule has 3 heterocycles. The van der Waals surface area contributed by atoms with Gasteiger partial charge >= 0.3 is 0 Å². The van der Waals surface area contributed by atoms with Crippen LogP contribution in [-0.2, 0) is 28.4 Å². The summed E-state index contributed by atoms with van der Waals surface area (Å²) in [5.74, 6) is -3.77. The molecule has 17 heteroatoms. The second-order valence-electron chi connectivity index (χ2n) is 16.2. The summed E-state index contributed by atoms with van der Waals surface area (Å²) < 4.78 is 37.1. The number of rotatable bonds is 8. The smallest absolute Gasteiger partial charge is 0.202 e. The van der Waals surface area contributed by atoms with Gasteiger partial charge in [-0.05, 0) is 47.4 Å². The predicted molar refractivity (Wildman–Crippen MR) is 195 cm³/mol. The number of ketones is 2. The number of ether oxygens (including phenoxy) is 6. The predicted octanol–water partition coefficient (Wildman–Crippen LogP) is 1.40. The van der Waals surface area contributed by atoms with Crippen molar-refractivity contribution in [1.82, 2.24) is 4.90 Å². The highest BCUT2D eigenvalue weighted by atomic mass is 16.7. The summed E-state index contributed by atoms with van der Waals surface area (Å²) in [4.78, 5) is 29.4. The molecule has 2 aromatic carbocycles. The number of hydrogen-bond acceptors (Lipinski definition) is 17. The van der Waals surface area contributed by atoms with Crippen LogP contribution < -0.4 is 0 Å². The fourth-order valence-corrected chi connectivity index (χ4v) is 9.05. The monoisotopic (exact) mass is 803 g/mol. The van der Waals surface area contributed by atoms with Crippen LogP contribution in [0.2, 0.25) is 0 Å². The van der Waals surface area contributed by atoms with Gasteiger partial charge in [-0.2, -0.15) is 0 Å². The van der Waals surface area contributed by atoms with E-state index < -0.39 is 125 Å². The minimum atomic E-state index is -1.89. The molecule has 0 spiro atoms. The number of aliphatic hydroxyl groups is 5. The quantitative estimate of drug-likeness (QED) is 0.150. The third kappa shape index (κ3) is 7.25. The first kappa shape index (κ1) is 41.8. The molecule has 2 aliphatic carbocycles. The number of nitrogens with zero attached hydrogens (tertiary/aromatic N) is 1. The molecule has 15 unspecified atom stereocenters. The van der Waals surface area contributed by atoms with Crippen LogP contribution in [0.1, 0.15) is 115 Å². The highest BCUT2D eigenvalue weighted by Gasteiger charge is 2.52. The van der Waals surface area contributed by atoms with E-state index in [0.29, 0.717) is 0 Å². The summed E-state index contributed by atoms with van der Waals surface area (Å²) in [6.07, 6.45) is -12.3. The van der Waals surface area contributed by atoms with Gasteiger partial charge in [-0.15, -0.1) is 0 Å². The Morgan fingerprint density at radius 3 is 1.91 bits per heavy atom. The highest BCUT2D eigenvalue weighted by Crippen LogP contribution is 2.56. The van der Waals surface area contributed by atoms with E-state index in [9.17, 15) is 50.4 Å². The van der Waals surface area contributed by atoms with Crippen molar-refractivity contribution in [2.75, 3.05) is 14.1 Å². The highest BCUT2D eigenvalue weighted by molar-refractivity contribution is 6.31. The molecule has 0 radical (unpaired) electrons. The zero-order valence-corrected chi connectivity index (χ0v) is 32.6. The molecule has 3 aliphatic heterocycles. The lowest BCUT2D eigenvalue weighted by atomic mass is 9.70. The topological polar surface area (TPSA) is 255 Å². The van der Waals surface area contributed by atoms with Gasteiger partial charge in [0, 0.05) is 48.4 Å². The average molecular weight is 804 g/mol. The Bertz CT molecular complexity index is 1850. The molecule has 57 heavy (non-hydrogen) atoms. The van der Waals surface area contributed by atoms with Crippen LogP contribution in [0.15, 0.2) is 18.2 Å². The van der Waals surface area contributed by atoms with E-state index in [0.717, 1.165) is 0 Å². The van der Waals surface area contributed by atoms with Gasteiger partial charge in [0.15, 0.2) is 24.7 Å². The number of phenolic OH excluding ortho intramolecular Hbond substituents is 3. The normalized spacial score (nSPS) is 39.4. The maximum absolute atomic E-state index is 13.8. The molecule has 7 rings (SSSR count). The van der Waals surface area contributed by atoms with Gasteiger partial charge in [-0.3, -0.25) is 9.59 Å². The van der Waals surface area contributed by atoms with E-state index in [4.69, 9.17) is 28.4 Å². The maximum atomic E-state index is 13.8. The van der Waals surface area contributed by atoms with Crippen molar-refractivity contribution >= 4 is 11.6 Å². The lowest BCUT2D eigenvalue weighted by Gasteiger charge is -2.48. The van der Waals surface area contributed by atoms with E-state index in [-0.39, 0.29) is 60.4 Å². The molecule has 3 saturated heterocycles. The van der Waals surface area contributed by atoms with Crippen molar-refractivity contribution in [2.24, 2.45) is 0 Å². The first-order valence-corrected chi connectivity index (χ1v) is 19.4. The molecule has 3 fully saturated rings. The van der Waals surface area contributed by atoms with E-state index in [1.165, 1.54) is 18.2 Å². The number of carbonyl (C=O) groups is 2. The molecule has 5 aliphatic rings. The third-order valence-electron chi connectivity index (χ3n) is 12.3. The van der Waals surface area contributed by atoms with Crippen molar-refractivity contribution < 1.29 is 78.9 Å². The summed E-state index contributed by atoms with van der Waals surface area (Å²) in [5, 5.41) is 88.5. The third-order valence-corrected chi connectivity index (χ3v) is 12.3. The Kier molecular flexibility index (Phi) is 11.5. The van der Waals surface area contributed by atoms with Crippen molar-refractivity contribution in [3.8, 4) is 17.2 Å². The van der Waals surface area contributed by atoms with Gasteiger partial charge in [0.2, 0.25) is 5.78 Å². The fourth-order valence-electron chi connectivity index (χ4n) is 9.05. The van der Waals surface area contributed by atoms with Crippen LogP contribution in [-0.4, -0.2) is 151 Å². The number of fused-ring (bicyclic) bond motifs is 3. The van der Waals surface area contributed by atoms with Gasteiger partial charge in [0.05, 0.1) is 58.9 Å². The van der Waals surface area contributed by atoms with Gasteiger partial charge in [0.25, 0.3) is 0 Å². The van der Waals surface area contributed by atoms with Crippen LogP contribution in [0, 0.1) is 0 Å². The fraction of sp³-hybridized carbons (Fsp3) is 0.650. The molecular weight excluding hydrogens is 750 g/mol. The van der Waals surface area contributed by atoms with Crippen molar-refractivity contribution in [2.45, 2.75) is 151 Å². The SMILES string of the molecule is CCC1(O)CC(OC2CC(N(C)C)C(OC3CC(O)C(OC4CC(O)C(O)C(C)O4)C(C)O3)C(C)O2)c2c(O)c3c(c(O)c2C1O)C(=O)c1cccc(O)c1C3=O. The molecule has 314 valence electrons. The zero-order chi connectivity index (χ0) is 41.4. The van der Waals surface area contributed by atoms with Gasteiger partial charge in [-0.25, -0.2) is 0 Å². The molecular formula is C40H53NO16. The number of hydrogen-bond donors (Lipinski definition) is 8. The van der Waals surface area contributed by atoms with Gasteiger partial charge in [0.1, 0.15) is 41.7 Å². The maximum Gasteiger partial charge on any atom is 0.202 e. The Labute approximate surface area is 329 Å². The number of aliphatic hydroxyl groups excluding tert-OH is 4. The largest absolute Gasteiger partial charge is 0.507 e. The Hall–Kier alpha value is -3.30. The summed E-state index contributed by atoms with van der Waals surface area (Å²) in [6, 6.07) is 3.52. The first-order chi connectivity index (χ1) is 26.9. The Balaban J connectivity index is 1.11. The average Bonchev–Trinajstić information content (AvgIpc) is 3.14. The second-order valence-corrected chi connectivity index (χ2v) is 16.2. The van der Waals surface area contributed by atoms with Crippen molar-refractivity contribution in [1.29, 1.82) is 0 Å². The van der Waals surface area contributed by atoms with Crippen molar-refractivity contribution in [3.05, 3.63) is 51.6 Å². The molecule has 0 saturated carbocycles. The first-order valence-electron chi connectivity index (χ1n) is 19.4. The molecule has 17 nitrogen and oxygen atoms in total. The summed E-state index contributed by atoms with van der Waals surface area (Å²) >= 11 is 0. The standard InChI is InChI=1S/C40H53NO16/c1-7-40(51)14-23(28-31(39(40)50)36(49)29-30(35(28)48)34(47)27-18(33(29)46)9-8-10-20(27)42)55-24-11-19(41(5)6)37(16(3)53-24)56-26-13-22(44)38(17(4)54-26)57-25-12-21(43)32(45)15(2)52-25/h8-10,15-17,19,21-26,32,37-39,42-45,48-51H,7,11-14H2,1-6H3. The lowest BCUT2D eigenvalue weighted by molar-refractivity contribution is -0.332. The van der Waals surface area contributed by atoms with E-state index in [2.05, 4.69) is 0 Å². The second kappa shape index (κ2) is 15.7. The number of phenols is 3. The summed E-state index contributed by atoms with van der Waals surface area (Å²) in [5.41, 5.74) is -4.08. The lowest BCUT2D eigenvalue weighted by Crippen LogP contribution is -2.58. The van der Waals surface area contributed by atoms with E-state index in [1.54, 1.807) is 27.7 Å². The zero-order valence-electron chi connectivity index (χ0n) is 32.6. The molecule has 0 amide bonds. The van der Waals surface area contributed by atoms with Crippen LogP contribution in [0.3, 0.4) is 0 Å². The molecule has 0 bridgehead atoms. The molecule has 15 atom stereocenters. The molecule has 2 aromatic rings. The van der Waals surface area contributed by atoms with Crippen molar-refractivity contribution in [3.63, 3.8) is 0 Å². The number of benzene rings is 2. The summed E-state index contributed by atoms with van der Waals surface area (Å²) in [7, 11) is 3.67. The summed E-state index contributed by atoms with van der Waals surface area (Å²) in [6.45, 7) is 6.73.